The summed E-state index contributed by atoms with van der Waals surface area (Å²) < 4.78 is 10.7. The van der Waals surface area contributed by atoms with Crippen LogP contribution in [0, 0.1) is 6.92 Å². The quantitative estimate of drug-likeness (QED) is 0.401. The first-order valence-corrected chi connectivity index (χ1v) is 12.0. The molecule has 0 radical (unpaired) electrons. The second kappa shape index (κ2) is 11.2. The van der Waals surface area contributed by atoms with E-state index < -0.39 is 6.03 Å². The van der Waals surface area contributed by atoms with Crippen LogP contribution in [0.25, 0.3) is 0 Å². The fourth-order valence-electron chi connectivity index (χ4n) is 4.17. The molecule has 0 spiro atoms. The smallest absolute Gasteiger partial charge is 0.324 e. The summed E-state index contributed by atoms with van der Waals surface area (Å²) in [5.74, 6) is 1.34. The minimum absolute atomic E-state index is 0.134. The second-order valence-electron chi connectivity index (χ2n) is 8.54. The van der Waals surface area contributed by atoms with E-state index >= 15 is 0 Å². The van der Waals surface area contributed by atoms with Gasteiger partial charge < -0.3 is 25.0 Å². The van der Waals surface area contributed by atoms with E-state index in [4.69, 9.17) is 21.1 Å². The van der Waals surface area contributed by atoms with Crippen molar-refractivity contribution in [1.82, 2.24) is 4.90 Å². The fraction of sp³-hybridized carbons (Fsp3) is 0.259. The number of nitrogens with zero attached hydrogens (tertiary/aromatic N) is 2. The van der Waals surface area contributed by atoms with Crippen LogP contribution < -0.4 is 25.0 Å². The van der Waals surface area contributed by atoms with Gasteiger partial charge in [0, 0.05) is 36.4 Å². The summed E-state index contributed by atoms with van der Waals surface area (Å²) in [5, 5.41) is 6.20. The molecule has 3 aromatic carbocycles. The highest BCUT2D eigenvalue weighted by Gasteiger charge is 2.29. The van der Waals surface area contributed by atoms with E-state index in [1.807, 2.05) is 37.3 Å². The Hall–Kier alpha value is -3.91. The van der Waals surface area contributed by atoms with Gasteiger partial charge in [0.25, 0.3) is 0 Å². The van der Waals surface area contributed by atoms with Crippen LogP contribution in [0.4, 0.5) is 26.7 Å². The molecule has 9 heteroatoms. The van der Waals surface area contributed by atoms with Crippen LogP contribution in [-0.2, 0) is 6.54 Å². The number of carbonyl (C=O) groups excluding carboxylic acids is 2. The first kappa shape index (κ1) is 25.2. The molecule has 0 unspecified atom stereocenters. The normalized spacial score (nSPS) is 13.4. The molecular formula is C27H29ClN4O4. The first-order chi connectivity index (χ1) is 17.4. The van der Waals surface area contributed by atoms with E-state index in [1.165, 1.54) is 0 Å². The van der Waals surface area contributed by atoms with Crippen molar-refractivity contribution in [3.05, 3.63) is 76.8 Å². The summed E-state index contributed by atoms with van der Waals surface area (Å²) in [6.07, 6.45) is 0.787. The molecule has 0 bridgehead atoms. The van der Waals surface area contributed by atoms with E-state index in [0.717, 1.165) is 17.5 Å². The maximum Gasteiger partial charge on any atom is 0.324 e. The van der Waals surface area contributed by atoms with Gasteiger partial charge in [-0.2, -0.15) is 0 Å². The van der Waals surface area contributed by atoms with Crippen molar-refractivity contribution >= 4 is 40.7 Å². The predicted octanol–water partition coefficient (Wildman–Crippen LogP) is 6.14. The van der Waals surface area contributed by atoms with Crippen molar-refractivity contribution in [2.24, 2.45) is 0 Å². The zero-order valence-electron chi connectivity index (χ0n) is 20.5. The predicted molar refractivity (Wildman–Crippen MR) is 143 cm³/mol. The van der Waals surface area contributed by atoms with Crippen molar-refractivity contribution in [2.45, 2.75) is 19.9 Å². The molecular weight excluding hydrogens is 480 g/mol. The Morgan fingerprint density at radius 3 is 2.42 bits per heavy atom. The van der Waals surface area contributed by atoms with Crippen LogP contribution in [0.15, 0.2) is 60.7 Å². The van der Waals surface area contributed by atoms with E-state index in [2.05, 4.69) is 10.6 Å². The van der Waals surface area contributed by atoms with Crippen molar-refractivity contribution in [3.8, 4) is 11.5 Å². The molecule has 1 aliphatic rings. The zero-order chi connectivity index (χ0) is 25.7. The minimum Gasteiger partial charge on any atom is -0.497 e. The van der Waals surface area contributed by atoms with E-state index in [-0.39, 0.29) is 6.03 Å². The highest BCUT2D eigenvalue weighted by molar-refractivity contribution is 6.30. The molecule has 4 amide bonds. The van der Waals surface area contributed by atoms with Gasteiger partial charge in [-0.1, -0.05) is 23.7 Å². The maximum atomic E-state index is 13.5. The topological polar surface area (TPSA) is 83.1 Å². The number of ether oxygens (including phenoxy) is 2. The third kappa shape index (κ3) is 6.01. The Labute approximate surface area is 215 Å². The van der Waals surface area contributed by atoms with Crippen LogP contribution in [0.2, 0.25) is 5.02 Å². The molecule has 188 valence electrons. The third-order valence-electron chi connectivity index (χ3n) is 5.87. The van der Waals surface area contributed by atoms with E-state index in [0.29, 0.717) is 53.2 Å². The molecule has 3 aromatic rings. The average molecular weight is 509 g/mol. The summed E-state index contributed by atoms with van der Waals surface area (Å²) in [5.41, 5.74) is 3.63. The number of benzene rings is 3. The van der Waals surface area contributed by atoms with Gasteiger partial charge in [-0.05, 0) is 66.9 Å². The molecule has 1 fully saturated rings. The van der Waals surface area contributed by atoms with Gasteiger partial charge in [-0.3, -0.25) is 4.90 Å². The number of carbonyl (C=O) groups is 2. The van der Waals surface area contributed by atoms with Crippen LogP contribution in [0.1, 0.15) is 17.5 Å². The molecule has 1 saturated heterocycles. The lowest BCUT2D eigenvalue weighted by Gasteiger charge is -2.36. The van der Waals surface area contributed by atoms with Gasteiger partial charge in [-0.15, -0.1) is 0 Å². The van der Waals surface area contributed by atoms with Crippen LogP contribution in [0.5, 0.6) is 11.5 Å². The fourth-order valence-corrected chi connectivity index (χ4v) is 4.36. The molecule has 36 heavy (non-hydrogen) atoms. The first-order valence-electron chi connectivity index (χ1n) is 11.6. The largest absolute Gasteiger partial charge is 0.497 e. The third-order valence-corrected chi connectivity index (χ3v) is 6.10. The number of halogens is 1. The number of amides is 4. The number of nitrogens with one attached hydrogen (secondary N) is 2. The Bertz CT molecular complexity index is 1240. The Morgan fingerprint density at radius 1 is 0.972 bits per heavy atom. The maximum absolute atomic E-state index is 13.5. The Kier molecular flexibility index (Phi) is 7.85. The second-order valence-corrected chi connectivity index (χ2v) is 8.98. The molecule has 0 saturated carbocycles. The highest BCUT2D eigenvalue weighted by atomic mass is 35.5. The molecule has 0 aliphatic carbocycles. The van der Waals surface area contributed by atoms with Gasteiger partial charge in [-0.25, -0.2) is 9.59 Å². The molecule has 1 heterocycles. The molecule has 4 rings (SSSR count). The number of hydrogen-bond acceptors (Lipinski definition) is 4. The summed E-state index contributed by atoms with van der Waals surface area (Å²) in [7, 11) is 3.20. The van der Waals surface area contributed by atoms with Gasteiger partial charge in [0.05, 0.1) is 25.6 Å². The average Bonchev–Trinajstić information content (AvgIpc) is 2.85. The Balaban J connectivity index is 1.53. The van der Waals surface area contributed by atoms with Crippen LogP contribution in [0.3, 0.4) is 0 Å². The van der Waals surface area contributed by atoms with Crippen molar-refractivity contribution < 1.29 is 19.1 Å². The van der Waals surface area contributed by atoms with E-state index in [1.54, 1.807) is 54.4 Å². The lowest BCUT2D eigenvalue weighted by Crippen LogP contribution is -2.49. The van der Waals surface area contributed by atoms with Crippen molar-refractivity contribution in [2.75, 3.05) is 42.8 Å². The monoisotopic (exact) mass is 508 g/mol. The SMILES string of the molecule is COc1cc(CN2CCCN(c3ccc(C)cc3NC(=O)Nc3cccc(Cl)c3)C2=O)cc(OC)c1. The van der Waals surface area contributed by atoms with Crippen molar-refractivity contribution in [1.29, 1.82) is 0 Å². The minimum atomic E-state index is -0.422. The summed E-state index contributed by atoms with van der Waals surface area (Å²) in [6, 6.07) is 17.6. The highest BCUT2D eigenvalue weighted by Crippen LogP contribution is 2.31. The van der Waals surface area contributed by atoms with Gasteiger partial charge in [0.15, 0.2) is 0 Å². The summed E-state index contributed by atoms with van der Waals surface area (Å²) in [4.78, 5) is 29.8. The lowest BCUT2D eigenvalue weighted by atomic mass is 10.1. The zero-order valence-corrected chi connectivity index (χ0v) is 21.3. The number of hydrogen-bond donors (Lipinski definition) is 2. The van der Waals surface area contributed by atoms with Crippen LogP contribution in [-0.4, -0.2) is 44.3 Å². The molecule has 2 N–H and O–H groups in total. The van der Waals surface area contributed by atoms with Gasteiger partial charge >= 0.3 is 12.1 Å². The summed E-state index contributed by atoms with van der Waals surface area (Å²) in [6.45, 7) is 3.51. The van der Waals surface area contributed by atoms with Crippen molar-refractivity contribution in [3.63, 3.8) is 0 Å². The standard InChI is InChI=1S/C27H29ClN4O4/c1-18-8-9-25(24(12-18)30-26(33)29-21-7-4-6-20(28)15-21)32-11-5-10-31(27(32)34)17-19-13-22(35-2)16-23(14-19)36-3/h4,6-9,12-16H,5,10-11,17H2,1-3H3,(H2,29,30,33). The van der Waals surface area contributed by atoms with Gasteiger partial charge in [0.1, 0.15) is 11.5 Å². The number of aryl methyl sites for hydroxylation is 1. The Morgan fingerprint density at radius 2 is 1.72 bits per heavy atom. The molecule has 0 aromatic heterocycles. The molecule has 8 nitrogen and oxygen atoms in total. The van der Waals surface area contributed by atoms with E-state index in [9.17, 15) is 9.59 Å². The lowest BCUT2D eigenvalue weighted by molar-refractivity contribution is 0.192. The summed E-state index contributed by atoms with van der Waals surface area (Å²) >= 11 is 6.02. The van der Waals surface area contributed by atoms with Gasteiger partial charge in [0.2, 0.25) is 0 Å². The molecule has 1 aliphatic heterocycles. The number of urea groups is 2. The number of rotatable bonds is 7. The molecule has 0 atom stereocenters. The number of methoxy groups -OCH3 is 2. The van der Waals surface area contributed by atoms with Crippen LogP contribution >= 0.6 is 11.6 Å². The number of anilines is 3.